The number of imidazole rings is 1. The average Bonchev–Trinajstić information content (AvgIpc) is 3.60. The second-order valence-corrected chi connectivity index (χ2v) is 12.6. The van der Waals surface area contributed by atoms with Gasteiger partial charge >= 0.3 is 26.8 Å². The van der Waals surface area contributed by atoms with Gasteiger partial charge in [0, 0.05) is 41.4 Å². The minimum Gasteiger partial charge on any atom is -0.503 e. The van der Waals surface area contributed by atoms with Crippen molar-refractivity contribution in [1.82, 2.24) is 19.1 Å². The number of pyridine rings is 1. The van der Waals surface area contributed by atoms with E-state index in [4.69, 9.17) is 14.1 Å². The van der Waals surface area contributed by atoms with Crippen LogP contribution in [0.1, 0.15) is 77.0 Å². The molecule has 0 aliphatic heterocycles. The van der Waals surface area contributed by atoms with E-state index < -0.39 is 5.76 Å². The molecular weight excluding hydrogens is 744 g/mol. The number of benzene rings is 3. The summed E-state index contributed by atoms with van der Waals surface area (Å²) in [5.41, 5.74) is 6.27. The molecule has 0 radical (unpaired) electrons. The van der Waals surface area contributed by atoms with Crippen LogP contribution in [0.25, 0.3) is 34.0 Å². The Balaban J connectivity index is 0.00000400. The van der Waals surface area contributed by atoms with E-state index in [9.17, 15) is 4.79 Å². The van der Waals surface area contributed by atoms with E-state index in [2.05, 4.69) is 88.3 Å². The maximum atomic E-state index is 12.9. The van der Waals surface area contributed by atoms with Gasteiger partial charge in [0.15, 0.2) is 0 Å². The van der Waals surface area contributed by atoms with Crippen molar-refractivity contribution in [2.24, 2.45) is 0 Å². The fourth-order valence-electron chi connectivity index (χ4n) is 5.43. The topological polar surface area (TPSA) is 75.1 Å². The molecule has 0 amide bonds. The van der Waals surface area contributed by atoms with E-state index in [0.29, 0.717) is 40.3 Å². The molecule has 0 aliphatic rings. The molecule has 6 rings (SSSR count). The molecule has 0 atom stereocenters. The third-order valence-electron chi connectivity index (χ3n) is 7.76. The van der Waals surface area contributed by atoms with Crippen molar-refractivity contribution < 1.29 is 30.2 Å². The molecule has 7 nitrogen and oxygen atoms in total. The molecule has 3 aromatic heterocycles. The van der Waals surface area contributed by atoms with Crippen LogP contribution in [0.4, 0.5) is 0 Å². The first-order valence-electron chi connectivity index (χ1n) is 14.9. The van der Waals surface area contributed by atoms with Gasteiger partial charge in [0.2, 0.25) is 0 Å². The number of oxazole rings is 1. The first-order chi connectivity index (χ1) is 21.0. The second-order valence-electron chi connectivity index (χ2n) is 12.6. The predicted molar refractivity (Wildman–Crippen MR) is 173 cm³/mol. The number of aromatic nitrogens is 4. The van der Waals surface area contributed by atoms with Gasteiger partial charge in [-0.2, -0.15) is 0 Å². The molecule has 3 heterocycles. The summed E-state index contributed by atoms with van der Waals surface area (Å²) in [7, 11) is 0. The molecule has 3 aromatic carbocycles. The maximum absolute atomic E-state index is 12.9. The Morgan fingerprint density at radius 2 is 1.53 bits per heavy atom. The molecule has 8 heteroatoms. The summed E-state index contributed by atoms with van der Waals surface area (Å²) in [4.78, 5) is 22.1. The van der Waals surface area contributed by atoms with Crippen molar-refractivity contribution in [3.8, 4) is 34.4 Å². The first-order valence-corrected chi connectivity index (χ1v) is 14.9. The predicted octanol–water partition coefficient (Wildman–Crippen LogP) is 8.77. The minimum atomic E-state index is -0.533. The standard InChI is InChI=1S/C37H36N4O3.Pt/c1-23(2)29-12-9-13-30(24(3)4)34(29)40-19-18-39-35(40)25-10-8-11-27(20-25)43-28-14-15-32-31(22-28)41(36(42)44-32)33-21-26(16-17-38-33)37(5,6)7;/h8-19,21,23-24H,1-7H3;/q-2;+2. The Morgan fingerprint density at radius 1 is 0.844 bits per heavy atom. The van der Waals surface area contributed by atoms with Gasteiger partial charge in [-0.15, -0.1) is 42.0 Å². The molecular formula is C37H36N4O3Pt. The fourth-order valence-corrected chi connectivity index (χ4v) is 5.43. The number of hydrogen-bond acceptors (Lipinski definition) is 5. The molecule has 0 spiro atoms. The Morgan fingerprint density at radius 3 is 2.22 bits per heavy atom. The van der Waals surface area contributed by atoms with Gasteiger partial charge in [-0.25, -0.2) is 9.78 Å². The quantitative estimate of drug-likeness (QED) is 0.152. The number of para-hydroxylation sites is 1. The SMILES string of the molecule is CC(C)c1cccc(C(C)C)c1-n1ccnc1-c1[c-]c(Oc2[c-]c3c(cc2)oc(=O)n3-c2cc(C(C)(C)C)ccn2)ccc1.[Pt+2]. The van der Waals surface area contributed by atoms with E-state index in [1.165, 1.54) is 15.7 Å². The zero-order chi connectivity index (χ0) is 31.2. The molecule has 0 unspecified atom stereocenters. The summed E-state index contributed by atoms with van der Waals surface area (Å²) in [5.74, 6) is 2.32. The van der Waals surface area contributed by atoms with E-state index in [1.54, 1.807) is 18.3 Å². The molecule has 0 N–H and O–H groups in total. The number of nitrogens with zero attached hydrogens (tertiary/aromatic N) is 4. The Hall–Kier alpha value is -4.22. The van der Waals surface area contributed by atoms with Gasteiger partial charge in [0.25, 0.3) is 0 Å². The summed E-state index contributed by atoms with van der Waals surface area (Å²) in [6.45, 7) is 15.2. The molecule has 45 heavy (non-hydrogen) atoms. The Kier molecular flexibility index (Phi) is 9.04. The molecule has 0 fully saturated rings. The number of hydrogen-bond donors (Lipinski definition) is 0. The van der Waals surface area contributed by atoms with Crippen molar-refractivity contribution >= 4 is 11.1 Å². The van der Waals surface area contributed by atoms with Gasteiger partial charge in [-0.1, -0.05) is 72.7 Å². The largest absolute Gasteiger partial charge is 2.00 e. The Bertz CT molecular complexity index is 2000. The summed E-state index contributed by atoms with van der Waals surface area (Å²) < 4.78 is 15.3. The normalized spacial score (nSPS) is 11.8. The number of fused-ring (bicyclic) bond motifs is 1. The first kappa shape index (κ1) is 32.2. The van der Waals surface area contributed by atoms with Gasteiger partial charge < -0.3 is 13.7 Å². The van der Waals surface area contributed by atoms with Crippen LogP contribution in [0, 0.1) is 12.1 Å². The van der Waals surface area contributed by atoms with E-state index in [-0.39, 0.29) is 26.5 Å². The minimum absolute atomic E-state index is 0. The fraction of sp³-hybridized carbons (Fsp3) is 0.270. The maximum Gasteiger partial charge on any atom is 2.00 e. The van der Waals surface area contributed by atoms with Crippen LogP contribution < -0.4 is 10.5 Å². The third kappa shape index (κ3) is 6.32. The zero-order valence-electron chi connectivity index (χ0n) is 26.5. The van der Waals surface area contributed by atoms with Crippen LogP contribution in [0.2, 0.25) is 0 Å². The smallest absolute Gasteiger partial charge is 0.503 e. The van der Waals surface area contributed by atoms with Gasteiger partial charge in [0.05, 0.1) is 5.82 Å². The summed E-state index contributed by atoms with van der Waals surface area (Å²) in [6.07, 6.45) is 5.53. The monoisotopic (exact) mass is 779 g/mol. The second kappa shape index (κ2) is 12.6. The molecule has 232 valence electrons. The van der Waals surface area contributed by atoms with E-state index >= 15 is 0 Å². The molecule has 6 aromatic rings. The van der Waals surface area contributed by atoms with Crippen LogP contribution in [0.5, 0.6) is 11.5 Å². The van der Waals surface area contributed by atoms with Gasteiger partial charge in [-0.3, -0.25) is 9.55 Å². The summed E-state index contributed by atoms with van der Waals surface area (Å²) in [6, 6.07) is 26.2. The molecule has 0 saturated carbocycles. The van der Waals surface area contributed by atoms with Gasteiger partial charge in [-0.05, 0) is 51.6 Å². The van der Waals surface area contributed by atoms with Crippen LogP contribution in [-0.2, 0) is 26.5 Å². The van der Waals surface area contributed by atoms with Crippen molar-refractivity contribution in [1.29, 1.82) is 0 Å². The van der Waals surface area contributed by atoms with Crippen LogP contribution in [0.3, 0.4) is 0 Å². The van der Waals surface area contributed by atoms with Crippen molar-refractivity contribution in [3.05, 3.63) is 119 Å². The zero-order valence-corrected chi connectivity index (χ0v) is 28.8. The van der Waals surface area contributed by atoms with E-state index in [0.717, 1.165) is 22.6 Å². The summed E-state index contributed by atoms with van der Waals surface area (Å²) >= 11 is 0. The van der Waals surface area contributed by atoms with Crippen molar-refractivity contribution in [3.63, 3.8) is 0 Å². The van der Waals surface area contributed by atoms with Crippen LogP contribution >= 0.6 is 0 Å². The Labute approximate surface area is 278 Å². The van der Waals surface area contributed by atoms with Crippen molar-refractivity contribution in [2.45, 2.75) is 65.7 Å². The third-order valence-corrected chi connectivity index (χ3v) is 7.76. The molecule has 0 saturated heterocycles. The summed E-state index contributed by atoms with van der Waals surface area (Å²) in [5, 5.41) is 0. The van der Waals surface area contributed by atoms with Gasteiger partial charge in [0.1, 0.15) is 5.82 Å². The number of rotatable bonds is 7. The average molecular weight is 780 g/mol. The van der Waals surface area contributed by atoms with Crippen LogP contribution in [0.15, 0.2) is 88.5 Å². The van der Waals surface area contributed by atoms with Crippen molar-refractivity contribution in [2.75, 3.05) is 0 Å². The molecule has 0 aliphatic carbocycles. The molecule has 0 bridgehead atoms. The van der Waals surface area contributed by atoms with E-state index in [1.807, 2.05) is 42.7 Å². The van der Waals surface area contributed by atoms with Crippen LogP contribution in [-0.4, -0.2) is 19.1 Å². The number of ether oxygens (including phenoxy) is 1.